The van der Waals surface area contributed by atoms with Crippen LogP contribution in [-0.4, -0.2) is 87.6 Å². The Bertz CT molecular complexity index is 1130. The van der Waals surface area contributed by atoms with Crippen LogP contribution in [0.15, 0.2) is 18.3 Å². The maximum Gasteiger partial charge on any atom is 0.355 e. The van der Waals surface area contributed by atoms with Gasteiger partial charge in [-0.3, -0.25) is 0 Å². The monoisotopic (exact) mass is 493 g/mol. The number of hydrogen-bond acceptors (Lipinski definition) is 9. The largest absolute Gasteiger partial charge is 0.451 e. The van der Waals surface area contributed by atoms with E-state index in [9.17, 15) is 35.4 Å². The second kappa shape index (κ2) is 5.96. The Morgan fingerprint density at radius 1 is 1.20 bits per heavy atom. The van der Waals surface area contributed by atoms with Crippen molar-refractivity contribution in [1.82, 2.24) is 4.98 Å². The molecule has 4 aliphatic carbocycles. The van der Waals surface area contributed by atoms with Crippen LogP contribution in [-0.2, 0) is 9.47 Å². The second-order valence-electron chi connectivity index (χ2n) is 12.4. The number of ether oxygens (including phenoxy) is 2. The SMILES string of the molecule is CC(C)[C@@]1(O)[C@@H](OC(=O)c2ccc[nH]2)[C@@]2(O)[C@@]3(C)C[C@@]4(O)O[C@]5([C@H](O)[C@@H](C)CC[C@]35O)[C@@]2(O)[C@@]41C. The van der Waals surface area contributed by atoms with E-state index in [-0.39, 0.29) is 18.5 Å². The Morgan fingerprint density at radius 2 is 1.86 bits per heavy atom. The molecule has 0 amide bonds. The average Bonchev–Trinajstić information content (AvgIpc) is 3.41. The number of carbonyl (C=O) groups excluding carboxylic acids is 1. The smallest absolute Gasteiger partial charge is 0.355 e. The quantitative estimate of drug-likeness (QED) is 0.282. The van der Waals surface area contributed by atoms with E-state index in [0.717, 1.165) is 0 Å². The lowest BCUT2D eigenvalue weighted by Gasteiger charge is -2.60. The van der Waals surface area contributed by atoms with Crippen molar-refractivity contribution in [3.8, 4) is 0 Å². The van der Waals surface area contributed by atoms with Crippen LogP contribution in [0.5, 0.6) is 0 Å². The van der Waals surface area contributed by atoms with E-state index in [1.165, 1.54) is 26.1 Å². The number of aromatic nitrogens is 1. The van der Waals surface area contributed by atoms with Crippen molar-refractivity contribution in [1.29, 1.82) is 0 Å². The van der Waals surface area contributed by atoms with Crippen molar-refractivity contribution in [2.24, 2.45) is 22.7 Å². The van der Waals surface area contributed by atoms with Crippen LogP contribution in [0.3, 0.4) is 0 Å². The Kier molecular flexibility index (Phi) is 4.06. The summed E-state index contributed by atoms with van der Waals surface area (Å²) in [5, 5.41) is 73.9. The van der Waals surface area contributed by atoms with Crippen LogP contribution in [0.2, 0.25) is 0 Å². The summed E-state index contributed by atoms with van der Waals surface area (Å²) in [7, 11) is 0. The van der Waals surface area contributed by atoms with E-state index >= 15 is 0 Å². The minimum Gasteiger partial charge on any atom is -0.451 e. The molecule has 0 unspecified atom stereocenters. The summed E-state index contributed by atoms with van der Waals surface area (Å²) in [6.45, 7) is 7.91. The van der Waals surface area contributed by atoms with Gasteiger partial charge in [-0.25, -0.2) is 4.79 Å². The Morgan fingerprint density at radius 3 is 2.43 bits per heavy atom. The van der Waals surface area contributed by atoms with Crippen LogP contribution >= 0.6 is 0 Å². The highest BCUT2D eigenvalue weighted by Crippen LogP contribution is 2.90. The zero-order valence-corrected chi connectivity index (χ0v) is 20.6. The molecule has 6 fully saturated rings. The number of esters is 1. The third kappa shape index (κ3) is 1.74. The second-order valence-corrected chi connectivity index (χ2v) is 12.4. The fourth-order valence-electron chi connectivity index (χ4n) is 9.56. The van der Waals surface area contributed by atoms with Crippen molar-refractivity contribution in [3.63, 3.8) is 0 Å². The Hall–Kier alpha value is -1.53. The van der Waals surface area contributed by atoms with Gasteiger partial charge in [-0.05, 0) is 43.7 Å². The fraction of sp³-hybridized carbons (Fsp3) is 0.800. The first-order valence-electron chi connectivity index (χ1n) is 12.4. The normalized spacial score (nSPS) is 59.8. The Balaban J connectivity index is 1.69. The number of H-pyrrole nitrogens is 1. The number of nitrogens with one attached hydrogen (secondary N) is 1. The third-order valence-electron chi connectivity index (χ3n) is 11.3. The number of rotatable bonds is 3. The first kappa shape index (κ1) is 23.8. The van der Waals surface area contributed by atoms with Crippen LogP contribution in [0.25, 0.3) is 0 Å². The van der Waals surface area contributed by atoms with Gasteiger partial charge in [0.25, 0.3) is 0 Å². The van der Waals surface area contributed by atoms with Crippen molar-refractivity contribution in [2.45, 2.75) is 99.9 Å². The molecule has 10 nitrogen and oxygen atoms in total. The number of hydrogen-bond donors (Lipinski definition) is 7. The number of aliphatic hydroxyl groups is 6. The third-order valence-corrected chi connectivity index (χ3v) is 11.3. The lowest BCUT2D eigenvalue weighted by molar-refractivity contribution is -0.390. The molecule has 194 valence electrons. The molecule has 11 atom stereocenters. The van der Waals surface area contributed by atoms with Gasteiger partial charge in [-0.15, -0.1) is 0 Å². The first-order chi connectivity index (χ1) is 16.0. The highest BCUT2D eigenvalue weighted by Gasteiger charge is 3.10. The molecule has 7 N–H and O–H groups in total. The zero-order chi connectivity index (χ0) is 25.8. The molecule has 3 heterocycles. The number of aromatic amines is 1. The van der Waals surface area contributed by atoms with Crippen molar-refractivity contribution in [2.75, 3.05) is 0 Å². The Labute approximate surface area is 202 Å². The summed E-state index contributed by atoms with van der Waals surface area (Å²) >= 11 is 0. The van der Waals surface area contributed by atoms with Gasteiger partial charge >= 0.3 is 5.97 Å². The van der Waals surface area contributed by atoms with Gasteiger partial charge in [0.1, 0.15) is 28.1 Å². The van der Waals surface area contributed by atoms with Crippen LogP contribution in [0, 0.1) is 22.7 Å². The van der Waals surface area contributed by atoms with Gasteiger partial charge in [0.15, 0.2) is 17.5 Å². The molecule has 2 aliphatic heterocycles. The topological polar surface area (TPSA) is 173 Å². The lowest BCUT2D eigenvalue weighted by Crippen LogP contribution is -2.75. The molecule has 0 radical (unpaired) electrons. The van der Waals surface area contributed by atoms with E-state index < -0.39 is 74.6 Å². The molecular formula is C25H35NO9. The maximum absolute atomic E-state index is 13.2. The van der Waals surface area contributed by atoms with Crippen LogP contribution in [0.4, 0.5) is 0 Å². The van der Waals surface area contributed by atoms with Crippen LogP contribution < -0.4 is 0 Å². The molecule has 0 aromatic carbocycles. The number of carbonyl (C=O) groups is 1. The summed E-state index contributed by atoms with van der Waals surface area (Å²) in [4.78, 5) is 15.9. The van der Waals surface area contributed by atoms with E-state index in [1.807, 2.05) is 0 Å². The van der Waals surface area contributed by atoms with Crippen molar-refractivity contribution >= 4 is 5.97 Å². The number of aliphatic hydroxyl groups excluding tert-OH is 1. The van der Waals surface area contributed by atoms with E-state index in [4.69, 9.17) is 9.47 Å². The molecular weight excluding hydrogens is 458 g/mol. The summed E-state index contributed by atoms with van der Waals surface area (Å²) in [6.07, 6.45) is -1.63. The molecule has 10 heteroatoms. The molecule has 1 aromatic rings. The maximum atomic E-state index is 13.2. The van der Waals surface area contributed by atoms with Crippen molar-refractivity contribution < 1.29 is 44.9 Å². The van der Waals surface area contributed by atoms with Gasteiger partial charge in [0.05, 0.1) is 11.5 Å². The van der Waals surface area contributed by atoms with Crippen LogP contribution in [0.1, 0.15) is 64.4 Å². The summed E-state index contributed by atoms with van der Waals surface area (Å²) in [6, 6.07) is 3.06. The fourth-order valence-corrected chi connectivity index (χ4v) is 9.56. The van der Waals surface area contributed by atoms with Gasteiger partial charge in [-0.1, -0.05) is 27.7 Å². The predicted molar refractivity (Wildman–Crippen MR) is 119 cm³/mol. The summed E-state index contributed by atoms with van der Waals surface area (Å²) in [5.41, 5.74) is -15.2. The highest BCUT2D eigenvalue weighted by molar-refractivity contribution is 5.87. The van der Waals surface area contributed by atoms with E-state index in [2.05, 4.69) is 4.98 Å². The van der Waals surface area contributed by atoms with E-state index in [1.54, 1.807) is 26.8 Å². The van der Waals surface area contributed by atoms with Gasteiger partial charge in [0, 0.05) is 18.0 Å². The molecule has 6 aliphatic rings. The molecule has 1 spiro atoms. The van der Waals surface area contributed by atoms with Gasteiger partial charge in [0.2, 0.25) is 0 Å². The standard InChI is InChI=1S/C25H35NO9/c1-12(2)22(31)17(34-16(28)14-7-6-10-26-14)23(32)18(4)11-21(30)19(22,5)25(23,33)24(35-21)15(27)13(3)8-9-20(18,24)29/h6-7,10,12-13,15,17,26-27,29-33H,8-9,11H2,1-5H3/t13-,15+,17+,18-,19-,20-,21+,22+,23+,24-,25+/m0/s1. The summed E-state index contributed by atoms with van der Waals surface area (Å²) < 4.78 is 12.1. The molecule has 1 aromatic heterocycles. The van der Waals surface area contributed by atoms with Crippen molar-refractivity contribution in [3.05, 3.63) is 24.0 Å². The molecule has 35 heavy (non-hydrogen) atoms. The van der Waals surface area contributed by atoms with E-state index in [0.29, 0.717) is 6.42 Å². The summed E-state index contributed by atoms with van der Waals surface area (Å²) in [5.74, 6) is -4.34. The van der Waals surface area contributed by atoms with Gasteiger partial charge < -0.3 is 45.1 Å². The molecule has 6 bridgehead atoms. The zero-order valence-electron chi connectivity index (χ0n) is 20.6. The predicted octanol–water partition coefficient (Wildman–Crippen LogP) is -0.188. The lowest BCUT2D eigenvalue weighted by atomic mass is 9.52. The minimum atomic E-state index is -2.59. The highest BCUT2D eigenvalue weighted by atomic mass is 16.7. The molecule has 4 saturated carbocycles. The van der Waals surface area contributed by atoms with Gasteiger partial charge in [-0.2, -0.15) is 0 Å². The first-order valence-corrected chi connectivity index (χ1v) is 12.4. The average molecular weight is 494 g/mol. The molecule has 2 saturated heterocycles. The molecule has 7 rings (SSSR count). The minimum absolute atomic E-state index is 0.0654.